The van der Waals surface area contributed by atoms with Gasteiger partial charge in [-0.15, -0.1) is 0 Å². The van der Waals surface area contributed by atoms with Crippen molar-refractivity contribution in [1.29, 1.82) is 0 Å². The van der Waals surface area contributed by atoms with Crippen molar-refractivity contribution in [2.24, 2.45) is 7.05 Å². The molecule has 3 heterocycles. The maximum atomic E-state index is 13.7. The fraction of sp³-hybridized carbons (Fsp3) is 0.324. The van der Waals surface area contributed by atoms with Crippen LogP contribution >= 0.6 is 0 Å². The van der Waals surface area contributed by atoms with Gasteiger partial charge in [0.15, 0.2) is 5.82 Å². The van der Waals surface area contributed by atoms with Crippen molar-refractivity contribution >= 4 is 33.9 Å². The van der Waals surface area contributed by atoms with Gasteiger partial charge in [-0.3, -0.25) is 9.69 Å². The third-order valence-corrected chi connectivity index (χ3v) is 8.33. The number of rotatable bonds is 5. The Hall–Kier alpha value is -4.59. The van der Waals surface area contributed by atoms with Gasteiger partial charge in [-0.05, 0) is 69.5 Å². The fourth-order valence-electron chi connectivity index (χ4n) is 6.42. The van der Waals surface area contributed by atoms with Gasteiger partial charge >= 0.3 is 6.09 Å². The van der Waals surface area contributed by atoms with Gasteiger partial charge in [0.25, 0.3) is 5.91 Å². The van der Waals surface area contributed by atoms with Crippen LogP contribution in [0.1, 0.15) is 49.5 Å². The zero-order valence-corrected chi connectivity index (χ0v) is 24.6. The molecule has 0 spiro atoms. The van der Waals surface area contributed by atoms with E-state index in [0.29, 0.717) is 25.2 Å². The van der Waals surface area contributed by atoms with E-state index in [0.717, 1.165) is 46.3 Å². The van der Waals surface area contributed by atoms with Gasteiger partial charge in [-0.25, -0.2) is 9.78 Å². The van der Waals surface area contributed by atoms with E-state index in [2.05, 4.69) is 57.7 Å². The minimum atomic E-state index is -0.950. The standard InChI is InChI=1S/C34H37N5O3/c1-34(2,3)39(33(41)42)26-14-10-18-37(22-26)32(40)25-16-17-29-27(19-25)35-31(36(29)4)30-20-24-13-8-9-15-28(24)38(30)21-23-11-6-5-7-12-23/h5-9,11-13,15-17,19-20,26H,10,14,18,21-22H2,1-4H3,(H,41,42)/t26-/m1/s1. The second kappa shape index (κ2) is 10.7. The molecule has 0 bridgehead atoms. The highest BCUT2D eigenvalue weighted by atomic mass is 16.4. The van der Waals surface area contributed by atoms with Crippen LogP contribution < -0.4 is 0 Å². The number of fused-ring (bicyclic) bond motifs is 2. The first-order valence-corrected chi connectivity index (χ1v) is 14.5. The number of carbonyl (C=O) groups is 2. The number of aryl methyl sites for hydroxylation is 1. The van der Waals surface area contributed by atoms with Gasteiger partial charge in [0.05, 0.1) is 22.8 Å². The molecule has 8 nitrogen and oxygen atoms in total. The monoisotopic (exact) mass is 563 g/mol. The number of hydrogen-bond acceptors (Lipinski definition) is 3. The van der Waals surface area contributed by atoms with Crippen LogP contribution in [0.25, 0.3) is 33.5 Å². The first-order chi connectivity index (χ1) is 20.1. The molecule has 1 aliphatic rings. The highest BCUT2D eigenvalue weighted by molar-refractivity contribution is 5.98. The van der Waals surface area contributed by atoms with Crippen LogP contribution in [0.3, 0.4) is 0 Å². The predicted octanol–water partition coefficient (Wildman–Crippen LogP) is 6.63. The molecule has 0 radical (unpaired) electrons. The first kappa shape index (κ1) is 27.6. The zero-order valence-electron chi connectivity index (χ0n) is 24.6. The fourth-order valence-corrected chi connectivity index (χ4v) is 6.42. The van der Waals surface area contributed by atoms with Gasteiger partial charge in [0.1, 0.15) is 0 Å². The molecule has 2 amide bonds. The van der Waals surface area contributed by atoms with E-state index < -0.39 is 11.6 Å². The lowest BCUT2D eigenvalue weighted by Gasteiger charge is -2.44. The van der Waals surface area contributed by atoms with E-state index in [1.807, 2.05) is 58.2 Å². The molecule has 216 valence electrons. The molecule has 1 atom stereocenters. The molecule has 0 saturated carbocycles. The van der Waals surface area contributed by atoms with Crippen molar-refractivity contribution in [3.05, 3.63) is 90.0 Å². The minimum Gasteiger partial charge on any atom is -0.465 e. The molecule has 0 aliphatic carbocycles. The summed E-state index contributed by atoms with van der Waals surface area (Å²) in [5.74, 6) is 0.744. The number of imidazole rings is 1. The molecule has 1 saturated heterocycles. The lowest BCUT2D eigenvalue weighted by atomic mass is 9.97. The molecule has 1 fully saturated rings. The summed E-state index contributed by atoms with van der Waals surface area (Å²) in [5, 5.41) is 11.1. The summed E-state index contributed by atoms with van der Waals surface area (Å²) in [4.78, 5) is 34.1. The molecule has 8 heteroatoms. The minimum absolute atomic E-state index is 0.0914. The molecule has 2 aromatic heterocycles. The zero-order chi connectivity index (χ0) is 29.6. The molecule has 0 unspecified atom stereocenters. The summed E-state index contributed by atoms with van der Waals surface area (Å²) in [6.45, 7) is 7.40. The molecular formula is C34H37N5O3. The largest absolute Gasteiger partial charge is 0.465 e. The van der Waals surface area contributed by atoms with Crippen molar-refractivity contribution in [2.75, 3.05) is 13.1 Å². The normalized spacial score (nSPS) is 15.8. The lowest BCUT2D eigenvalue weighted by molar-refractivity contribution is 0.0315. The number of aromatic nitrogens is 3. The van der Waals surface area contributed by atoms with Crippen LogP contribution in [-0.2, 0) is 13.6 Å². The number of hydrogen-bond donors (Lipinski definition) is 1. The number of likely N-dealkylation sites (tertiary alicyclic amines) is 1. The third-order valence-electron chi connectivity index (χ3n) is 8.33. The summed E-state index contributed by atoms with van der Waals surface area (Å²) in [7, 11) is 2.01. The van der Waals surface area contributed by atoms with Crippen molar-refractivity contribution < 1.29 is 14.7 Å². The summed E-state index contributed by atoms with van der Waals surface area (Å²) >= 11 is 0. The summed E-state index contributed by atoms with van der Waals surface area (Å²) < 4.78 is 4.39. The van der Waals surface area contributed by atoms with Gasteiger partial charge in [-0.1, -0.05) is 48.5 Å². The Labute approximate surface area is 245 Å². The van der Waals surface area contributed by atoms with Crippen LogP contribution in [0, 0.1) is 0 Å². The Morgan fingerprint density at radius 3 is 2.45 bits per heavy atom. The van der Waals surface area contributed by atoms with Gasteiger partial charge in [0, 0.05) is 48.7 Å². The quantitative estimate of drug-likeness (QED) is 0.260. The Bertz CT molecular complexity index is 1780. The molecule has 1 aliphatic heterocycles. The molecule has 42 heavy (non-hydrogen) atoms. The van der Waals surface area contributed by atoms with Crippen molar-refractivity contribution in [3.8, 4) is 11.5 Å². The van der Waals surface area contributed by atoms with E-state index in [1.54, 1.807) is 4.90 Å². The average molecular weight is 564 g/mol. The average Bonchev–Trinajstić information content (AvgIpc) is 3.49. The lowest BCUT2D eigenvalue weighted by Crippen LogP contribution is -2.57. The molecular weight excluding hydrogens is 526 g/mol. The van der Waals surface area contributed by atoms with E-state index >= 15 is 0 Å². The topological polar surface area (TPSA) is 83.6 Å². The molecule has 3 aromatic carbocycles. The van der Waals surface area contributed by atoms with Gasteiger partial charge in [0.2, 0.25) is 0 Å². The Morgan fingerprint density at radius 2 is 1.71 bits per heavy atom. The highest BCUT2D eigenvalue weighted by Crippen LogP contribution is 2.32. The highest BCUT2D eigenvalue weighted by Gasteiger charge is 2.37. The maximum Gasteiger partial charge on any atom is 0.408 e. The number of carbonyl (C=O) groups excluding carboxylic acids is 1. The van der Waals surface area contributed by atoms with Crippen LogP contribution in [-0.4, -0.2) is 65.7 Å². The smallest absolute Gasteiger partial charge is 0.408 e. The van der Waals surface area contributed by atoms with E-state index in [9.17, 15) is 14.7 Å². The number of para-hydroxylation sites is 1. The molecule has 6 rings (SSSR count). The second-order valence-electron chi connectivity index (χ2n) is 12.2. The third kappa shape index (κ3) is 5.02. The van der Waals surface area contributed by atoms with Gasteiger partial charge in [-0.2, -0.15) is 0 Å². The van der Waals surface area contributed by atoms with Crippen molar-refractivity contribution in [3.63, 3.8) is 0 Å². The maximum absolute atomic E-state index is 13.7. The van der Waals surface area contributed by atoms with Crippen molar-refractivity contribution in [1.82, 2.24) is 23.9 Å². The van der Waals surface area contributed by atoms with Gasteiger partial charge < -0.3 is 19.1 Å². The number of nitrogens with zero attached hydrogens (tertiary/aromatic N) is 5. The predicted molar refractivity (Wildman–Crippen MR) is 166 cm³/mol. The van der Waals surface area contributed by atoms with Crippen LogP contribution in [0.4, 0.5) is 4.79 Å². The molecule has 1 N–H and O–H groups in total. The number of carboxylic acid groups (broad SMARTS) is 1. The van der Waals surface area contributed by atoms with E-state index in [1.165, 1.54) is 10.5 Å². The number of piperidine rings is 1. The second-order valence-corrected chi connectivity index (χ2v) is 12.2. The Kier molecular flexibility index (Phi) is 7.01. The van der Waals surface area contributed by atoms with E-state index in [4.69, 9.17) is 4.98 Å². The summed E-state index contributed by atoms with van der Waals surface area (Å²) in [6.07, 6.45) is 0.555. The van der Waals surface area contributed by atoms with E-state index in [-0.39, 0.29) is 11.9 Å². The Morgan fingerprint density at radius 1 is 0.976 bits per heavy atom. The number of benzene rings is 3. The molecule has 5 aromatic rings. The van der Waals surface area contributed by atoms with Crippen LogP contribution in [0.5, 0.6) is 0 Å². The Balaban J connectivity index is 1.34. The SMILES string of the molecule is Cn1c(-c2cc3ccccc3n2Cc2ccccc2)nc2cc(C(=O)N3CCC[C@@H](N(C(=O)O)C(C)(C)C)C3)ccc21. The number of amides is 2. The van der Waals surface area contributed by atoms with Crippen molar-refractivity contribution in [2.45, 2.75) is 51.7 Å². The van der Waals surface area contributed by atoms with Crippen LogP contribution in [0.2, 0.25) is 0 Å². The summed E-state index contributed by atoms with van der Waals surface area (Å²) in [6, 6.07) is 26.4. The summed E-state index contributed by atoms with van der Waals surface area (Å²) in [5.41, 5.74) is 5.08. The first-order valence-electron chi connectivity index (χ1n) is 14.5. The van der Waals surface area contributed by atoms with Crippen LogP contribution in [0.15, 0.2) is 78.9 Å².